The summed E-state index contributed by atoms with van der Waals surface area (Å²) in [5.41, 5.74) is 2.98. The van der Waals surface area contributed by atoms with Crippen molar-refractivity contribution >= 4 is 22.6 Å². The largest absolute Gasteiger partial charge is 0.264 e. The van der Waals surface area contributed by atoms with Gasteiger partial charge in [0.2, 0.25) is 0 Å². The molecule has 0 aliphatic rings. The second-order valence-electron chi connectivity index (χ2n) is 4.16. The number of rotatable bonds is 4. The molecule has 0 saturated heterocycles. The fourth-order valence-corrected chi connectivity index (χ4v) is 3.16. The zero-order chi connectivity index (χ0) is 13.1. The van der Waals surface area contributed by atoms with E-state index in [1.54, 1.807) is 6.07 Å². The van der Waals surface area contributed by atoms with E-state index in [0.717, 1.165) is 18.5 Å². The quantitative estimate of drug-likeness (QED) is 0.761. The molecule has 0 saturated carbocycles. The van der Waals surface area contributed by atoms with Crippen molar-refractivity contribution in [2.24, 2.45) is 0 Å². The summed E-state index contributed by atoms with van der Waals surface area (Å²) in [7, 11) is 0. The number of benzene rings is 1. The molecule has 1 aromatic heterocycles. The Morgan fingerprint density at radius 3 is 2.56 bits per heavy atom. The highest BCUT2D eigenvalue weighted by Crippen LogP contribution is 2.20. The SMILES string of the molecule is CCc1nn(Cc2ccccc2F)c(CC)c1I. The Morgan fingerprint density at radius 1 is 1.22 bits per heavy atom. The van der Waals surface area contributed by atoms with E-state index < -0.39 is 0 Å². The topological polar surface area (TPSA) is 17.8 Å². The van der Waals surface area contributed by atoms with Crippen LogP contribution in [-0.4, -0.2) is 9.78 Å². The van der Waals surface area contributed by atoms with Gasteiger partial charge in [-0.25, -0.2) is 4.39 Å². The highest BCUT2D eigenvalue weighted by molar-refractivity contribution is 14.1. The molecule has 0 aliphatic carbocycles. The molecule has 0 aliphatic heterocycles. The van der Waals surface area contributed by atoms with Gasteiger partial charge in [-0.3, -0.25) is 4.68 Å². The highest BCUT2D eigenvalue weighted by Gasteiger charge is 2.14. The number of aromatic nitrogens is 2. The summed E-state index contributed by atoms with van der Waals surface area (Å²) in [5.74, 6) is -0.164. The summed E-state index contributed by atoms with van der Waals surface area (Å²) >= 11 is 2.34. The Morgan fingerprint density at radius 2 is 1.94 bits per heavy atom. The lowest BCUT2D eigenvalue weighted by molar-refractivity contribution is 0.573. The molecule has 1 aromatic carbocycles. The minimum absolute atomic E-state index is 0.164. The number of halogens is 2. The maximum atomic E-state index is 13.7. The van der Waals surface area contributed by atoms with E-state index in [-0.39, 0.29) is 5.82 Å². The standard InChI is InChI=1S/C14H16FIN2/c1-3-12-14(16)13(4-2)18(17-12)9-10-7-5-6-8-11(10)15/h5-8H,3-4,9H2,1-2H3. The average Bonchev–Trinajstić information content (AvgIpc) is 2.68. The minimum atomic E-state index is -0.164. The van der Waals surface area contributed by atoms with Crippen LogP contribution in [0.4, 0.5) is 4.39 Å². The van der Waals surface area contributed by atoms with Crippen LogP contribution in [0.3, 0.4) is 0 Å². The molecule has 0 atom stereocenters. The molecule has 1 heterocycles. The van der Waals surface area contributed by atoms with Gasteiger partial charge >= 0.3 is 0 Å². The fraction of sp³-hybridized carbons (Fsp3) is 0.357. The van der Waals surface area contributed by atoms with E-state index >= 15 is 0 Å². The third-order valence-corrected chi connectivity index (χ3v) is 4.25. The molecule has 2 aromatic rings. The summed E-state index contributed by atoms with van der Waals surface area (Å²) in [6.07, 6.45) is 1.83. The van der Waals surface area contributed by atoms with Gasteiger partial charge in [0.1, 0.15) is 5.82 Å². The van der Waals surface area contributed by atoms with Crippen molar-refractivity contribution in [3.05, 3.63) is 50.6 Å². The lowest BCUT2D eigenvalue weighted by Gasteiger charge is -2.07. The predicted octanol–water partition coefficient (Wildman–Crippen LogP) is 3.80. The van der Waals surface area contributed by atoms with Crippen LogP contribution < -0.4 is 0 Å². The summed E-state index contributed by atoms with van der Waals surface area (Å²) in [5, 5.41) is 4.58. The molecule has 0 spiro atoms. The van der Waals surface area contributed by atoms with Crippen LogP contribution >= 0.6 is 22.6 Å². The first kappa shape index (κ1) is 13.5. The molecular formula is C14H16FIN2. The van der Waals surface area contributed by atoms with Crippen LogP contribution in [0.15, 0.2) is 24.3 Å². The van der Waals surface area contributed by atoms with E-state index in [1.165, 1.54) is 15.3 Å². The van der Waals surface area contributed by atoms with Gasteiger partial charge in [0.25, 0.3) is 0 Å². The summed E-state index contributed by atoms with van der Waals surface area (Å²) in [4.78, 5) is 0. The van der Waals surface area contributed by atoms with Crippen molar-refractivity contribution in [1.29, 1.82) is 0 Å². The summed E-state index contributed by atoms with van der Waals surface area (Å²) < 4.78 is 16.8. The van der Waals surface area contributed by atoms with Crippen LogP contribution in [0, 0.1) is 9.39 Å². The number of aryl methyl sites for hydroxylation is 1. The van der Waals surface area contributed by atoms with E-state index in [9.17, 15) is 4.39 Å². The molecule has 2 rings (SSSR count). The highest BCUT2D eigenvalue weighted by atomic mass is 127. The number of hydrogen-bond acceptors (Lipinski definition) is 1. The molecule has 4 heteroatoms. The lowest BCUT2D eigenvalue weighted by atomic mass is 10.2. The van der Waals surface area contributed by atoms with Gasteiger partial charge in [0.15, 0.2) is 0 Å². The van der Waals surface area contributed by atoms with Gasteiger partial charge in [-0.2, -0.15) is 5.10 Å². The van der Waals surface area contributed by atoms with Crippen molar-refractivity contribution in [2.45, 2.75) is 33.2 Å². The lowest BCUT2D eigenvalue weighted by Crippen LogP contribution is -2.07. The van der Waals surface area contributed by atoms with E-state index in [4.69, 9.17) is 0 Å². The van der Waals surface area contributed by atoms with Gasteiger partial charge in [0, 0.05) is 5.56 Å². The molecule has 0 bridgehead atoms. The Balaban J connectivity index is 2.37. The first-order valence-corrected chi connectivity index (χ1v) is 7.22. The van der Waals surface area contributed by atoms with Crippen LogP contribution in [-0.2, 0) is 19.4 Å². The van der Waals surface area contributed by atoms with Crippen molar-refractivity contribution in [3.63, 3.8) is 0 Å². The third kappa shape index (κ3) is 2.58. The molecule has 0 fully saturated rings. The smallest absolute Gasteiger partial charge is 0.128 e. The molecule has 0 N–H and O–H groups in total. The van der Waals surface area contributed by atoms with Gasteiger partial charge in [-0.1, -0.05) is 32.0 Å². The third-order valence-electron chi connectivity index (χ3n) is 3.01. The van der Waals surface area contributed by atoms with Crippen LogP contribution in [0.5, 0.6) is 0 Å². The van der Waals surface area contributed by atoms with Crippen LogP contribution in [0.1, 0.15) is 30.8 Å². The Bertz CT molecular complexity index is 549. The predicted molar refractivity (Wildman–Crippen MR) is 79.2 cm³/mol. The second-order valence-corrected chi connectivity index (χ2v) is 5.24. The summed E-state index contributed by atoms with van der Waals surface area (Å²) in [6, 6.07) is 6.88. The van der Waals surface area contributed by atoms with Crippen molar-refractivity contribution in [2.75, 3.05) is 0 Å². The number of hydrogen-bond donors (Lipinski definition) is 0. The molecule has 0 radical (unpaired) electrons. The van der Waals surface area contributed by atoms with E-state index in [2.05, 4.69) is 41.5 Å². The molecule has 0 amide bonds. The molecule has 18 heavy (non-hydrogen) atoms. The Labute approximate surface area is 120 Å². The van der Waals surface area contributed by atoms with Crippen LogP contribution in [0.25, 0.3) is 0 Å². The van der Waals surface area contributed by atoms with Gasteiger partial charge in [-0.15, -0.1) is 0 Å². The molecule has 96 valence electrons. The zero-order valence-electron chi connectivity index (χ0n) is 10.6. The number of nitrogens with zero attached hydrogens (tertiary/aromatic N) is 2. The fourth-order valence-electron chi connectivity index (χ4n) is 2.01. The van der Waals surface area contributed by atoms with Crippen LogP contribution in [0.2, 0.25) is 0 Å². The minimum Gasteiger partial charge on any atom is -0.264 e. The summed E-state index contributed by atoms with van der Waals surface area (Å²) in [6.45, 7) is 4.71. The average molecular weight is 358 g/mol. The first-order chi connectivity index (χ1) is 8.67. The Hall–Kier alpha value is -0.910. The second kappa shape index (κ2) is 5.82. The molecule has 2 nitrogen and oxygen atoms in total. The van der Waals surface area contributed by atoms with Crippen molar-refractivity contribution < 1.29 is 4.39 Å². The van der Waals surface area contributed by atoms with Crippen molar-refractivity contribution in [1.82, 2.24) is 9.78 Å². The zero-order valence-corrected chi connectivity index (χ0v) is 12.7. The maximum Gasteiger partial charge on any atom is 0.128 e. The van der Waals surface area contributed by atoms with Crippen molar-refractivity contribution in [3.8, 4) is 0 Å². The van der Waals surface area contributed by atoms with E-state index in [0.29, 0.717) is 12.1 Å². The molecular weight excluding hydrogens is 342 g/mol. The Kier molecular flexibility index (Phi) is 4.37. The normalized spacial score (nSPS) is 10.9. The van der Waals surface area contributed by atoms with Gasteiger partial charge in [-0.05, 0) is 41.5 Å². The first-order valence-electron chi connectivity index (χ1n) is 6.14. The van der Waals surface area contributed by atoms with Gasteiger partial charge in [0.05, 0.1) is 21.5 Å². The maximum absolute atomic E-state index is 13.7. The molecule has 0 unspecified atom stereocenters. The monoisotopic (exact) mass is 358 g/mol. The van der Waals surface area contributed by atoms with E-state index in [1.807, 2.05) is 16.8 Å². The van der Waals surface area contributed by atoms with Gasteiger partial charge < -0.3 is 0 Å².